The van der Waals surface area contributed by atoms with Crippen LogP contribution in [0.25, 0.3) is 0 Å². The van der Waals surface area contributed by atoms with Crippen LogP contribution in [0, 0.1) is 11.8 Å². The van der Waals surface area contributed by atoms with Crippen molar-refractivity contribution in [2.75, 3.05) is 39.6 Å². The summed E-state index contributed by atoms with van der Waals surface area (Å²) in [6, 6.07) is 0. The fraction of sp³-hybridized carbons (Fsp3) is 0.947. The standard InChI is InChI=1S/C76H148O17P2/c1-7-9-11-13-14-15-16-17-18-19-20-21-25-28-31-34-37-40-47-53-59-74(79)87-65-72(92-75(80)60-54-48-41-38-35-32-29-26-23-22-24-27-30-33-36-39-45-50-56-68(3)4)67-91-95(84,85)89-63-70(77)62-88-94(82,83)90-66-71(64-86-73(78)58-52-44-12-10-8-2)93-76(81)61-55-49-43-42-46-51-57-69(5)6/h68-72,77H,7-67H2,1-6H3,(H,82,83)(H,84,85)/t70-,71+,72+/m0/s1. The van der Waals surface area contributed by atoms with E-state index < -0.39 is 97.5 Å². The molecule has 5 atom stereocenters. The monoisotopic (exact) mass is 1400 g/mol. The summed E-state index contributed by atoms with van der Waals surface area (Å²) in [5.41, 5.74) is 0. The van der Waals surface area contributed by atoms with Crippen LogP contribution in [0.15, 0.2) is 0 Å². The van der Waals surface area contributed by atoms with Crippen LogP contribution in [0.5, 0.6) is 0 Å². The van der Waals surface area contributed by atoms with Crippen LogP contribution in [-0.2, 0) is 65.4 Å². The lowest BCUT2D eigenvalue weighted by atomic mass is 10.0. The predicted octanol–water partition coefficient (Wildman–Crippen LogP) is 22.3. The van der Waals surface area contributed by atoms with Gasteiger partial charge in [0.15, 0.2) is 12.2 Å². The molecule has 0 rings (SSSR count). The molecular weight excluding hydrogens is 1250 g/mol. The highest BCUT2D eigenvalue weighted by Crippen LogP contribution is 2.45. The fourth-order valence-corrected chi connectivity index (χ4v) is 13.2. The zero-order valence-electron chi connectivity index (χ0n) is 62.0. The molecule has 0 aliphatic carbocycles. The average molecular weight is 1400 g/mol. The van der Waals surface area contributed by atoms with Gasteiger partial charge in [0.25, 0.3) is 0 Å². The lowest BCUT2D eigenvalue weighted by Crippen LogP contribution is -2.30. The van der Waals surface area contributed by atoms with E-state index in [4.69, 9.17) is 37.0 Å². The summed E-state index contributed by atoms with van der Waals surface area (Å²) in [5.74, 6) is -0.644. The van der Waals surface area contributed by atoms with Crippen molar-refractivity contribution < 1.29 is 80.2 Å². The zero-order chi connectivity index (χ0) is 70.0. The summed E-state index contributed by atoms with van der Waals surface area (Å²) in [5, 5.41) is 10.6. The molecule has 0 bridgehead atoms. The van der Waals surface area contributed by atoms with Gasteiger partial charge in [-0.2, -0.15) is 0 Å². The van der Waals surface area contributed by atoms with Crippen LogP contribution in [0.4, 0.5) is 0 Å². The van der Waals surface area contributed by atoms with Gasteiger partial charge in [0.2, 0.25) is 0 Å². The average Bonchev–Trinajstić information content (AvgIpc) is 1.33. The van der Waals surface area contributed by atoms with Gasteiger partial charge in [-0.3, -0.25) is 37.3 Å². The summed E-state index contributed by atoms with van der Waals surface area (Å²) in [4.78, 5) is 72.4. The molecule has 0 aliphatic rings. The lowest BCUT2D eigenvalue weighted by Gasteiger charge is -2.21. The molecule has 2 unspecified atom stereocenters. The first kappa shape index (κ1) is 93.1. The second-order valence-corrected chi connectivity index (χ2v) is 31.3. The van der Waals surface area contributed by atoms with E-state index in [0.29, 0.717) is 31.6 Å². The molecule has 17 nitrogen and oxygen atoms in total. The maximum Gasteiger partial charge on any atom is 0.472 e. The second-order valence-electron chi connectivity index (χ2n) is 28.3. The summed E-state index contributed by atoms with van der Waals surface area (Å²) in [6.07, 6.45) is 56.4. The number of carbonyl (C=O) groups is 4. The third kappa shape index (κ3) is 70.3. The molecule has 0 saturated heterocycles. The Hall–Kier alpha value is -1.94. The summed E-state index contributed by atoms with van der Waals surface area (Å²) >= 11 is 0. The summed E-state index contributed by atoms with van der Waals surface area (Å²) in [7, 11) is -9.90. The number of hydrogen-bond donors (Lipinski definition) is 3. The molecule has 95 heavy (non-hydrogen) atoms. The van der Waals surface area contributed by atoms with Crippen molar-refractivity contribution in [1.29, 1.82) is 0 Å². The molecule has 0 amide bonds. The Morgan fingerprint density at radius 3 is 0.716 bits per heavy atom. The molecule has 0 aromatic carbocycles. The Morgan fingerprint density at radius 2 is 0.484 bits per heavy atom. The van der Waals surface area contributed by atoms with E-state index in [1.807, 2.05) is 0 Å². The van der Waals surface area contributed by atoms with Gasteiger partial charge in [-0.25, -0.2) is 9.13 Å². The molecule has 0 aromatic heterocycles. The van der Waals surface area contributed by atoms with Crippen LogP contribution in [0.2, 0.25) is 0 Å². The van der Waals surface area contributed by atoms with E-state index in [1.165, 1.54) is 205 Å². The quantitative estimate of drug-likeness (QED) is 0.0222. The minimum atomic E-state index is -4.95. The lowest BCUT2D eigenvalue weighted by molar-refractivity contribution is -0.161. The van der Waals surface area contributed by atoms with Crippen molar-refractivity contribution in [3.05, 3.63) is 0 Å². The topological polar surface area (TPSA) is 237 Å². The van der Waals surface area contributed by atoms with Crippen LogP contribution in [0.3, 0.4) is 0 Å². The van der Waals surface area contributed by atoms with Crippen LogP contribution >= 0.6 is 15.6 Å². The number of carbonyl (C=O) groups excluding carboxylic acids is 4. The molecule has 0 saturated carbocycles. The van der Waals surface area contributed by atoms with Crippen LogP contribution < -0.4 is 0 Å². The SMILES string of the molecule is CCCCCCCCCCCCCCCCCCCCCCC(=O)OC[C@H](COP(=O)(O)OC[C@@H](O)COP(=O)(O)OC[C@@H](COC(=O)CCCCCCC)OC(=O)CCCCCCCCC(C)C)OC(=O)CCCCCCCCCCCCCCCCCCCCC(C)C. The van der Waals surface area contributed by atoms with E-state index in [9.17, 15) is 43.2 Å². The number of aliphatic hydroxyl groups is 1. The number of phosphoric ester groups is 2. The minimum absolute atomic E-state index is 0.101. The first-order valence-corrected chi connectivity index (χ1v) is 42.5. The maximum absolute atomic E-state index is 13.1. The van der Waals surface area contributed by atoms with Crippen molar-refractivity contribution >= 4 is 39.5 Å². The molecule has 19 heteroatoms. The van der Waals surface area contributed by atoms with Crippen LogP contribution in [-0.4, -0.2) is 96.7 Å². The van der Waals surface area contributed by atoms with E-state index in [0.717, 1.165) is 102 Å². The number of ether oxygens (including phenoxy) is 4. The third-order valence-corrected chi connectivity index (χ3v) is 19.6. The van der Waals surface area contributed by atoms with E-state index in [-0.39, 0.29) is 25.7 Å². The van der Waals surface area contributed by atoms with Gasteiger partial charge in [0.05, 0.1) is 26.4 Å². The molecule has 0 heterocycles. The Kier molecular flexibility index (Phi) is 66.5. The van der Waals surface area contributed by atoms with Crippen molar-refractivity contribution in [1.82, 2.24) is 0 Å². The van der Waals surface area contributed by atoms with Gasteiger partial charge >= 0.3 is 39.5 Å². The van der Waals surface area contributed by atoms with Gasteiger partial charge in [-0.05, 0) is 37.5 Å². The predicted molar refractivity (Wildman–Crippen MR) is 386 cm³/mol. The minimum Gasteiger partial charge on any atom is -0.462 e. The Morgan fingerprint density at radius 1 is 0.284 bits per heavy atom. The molecule has 564 valence electrons. The maximum atomic E-state index is 13.1. The highest BCUT2D eigenvalue weighted by atomic mass is 31.2. The number of unbranched alkanes of at least 4 members (excludes halogenated alkanes) is 45. The molecule has 0 spiro atoms. The van der Waals surface area contributed by atoms with Gasteiger partial charge in [-0.1, -0.05) is 343 Å². The number of hydrogen-bond acceptors (Lipinski definition) is 15. The van der Waals surface area contributed by atoms with Crippen molar-refractivity contribution in [2.45, 2.75) is 413 Å². The Balaban J connectivity index is 5.09. The summed E-state index contributed by atoms with van der Waals surface area (Å²) < 4.78 is 68.2. The van der Waals surface area contributed by atoms with E-state index >= 15 is 0 Å². The first-order valence-electron chi connectivity index (χ1n) is 39.5. The fourth-order valence-electron chi connectivity index (χ4n) is 11.7. The Labute approximate surface area is 581 Å². The number of rotatable bonds is 75. The molecule has 0 aliphatic heterocycles. The molecular formula is C76H148O17P2. The normalized spacial score (nSPS) is 14.0. The largest absolute Gasteiger partial charge is 0.472 e. The number of esters is 4. The second kappa shape index (κ2) is 67.9. The Bertz CT molecular complexity index is 1840. The third-order valence-electron chi connectivity index (χ3n) is 17.7. The highest BCUT2D eigenvalue weighted by Gasteiger charge is 2.30. The molecule has 0 aromatic rings. The summed E-state index contributed by atoms with van der Waals surface area (Å²) in [6.45, 7) is 9.43. The van der Waals surface area contributed by atoms with Gasteiger partial charge in [0.1, 0.15) is 19.3 Å². The molecule has 3 N–H and O–H groups in total. The number of phosphoric acid groups is 2. The smallest absolute Gasteiger partial charge is 0.462 e. The molecule has 0 fully saturated rings. The van der Waals surface area contributed by atoms with E-state index in [1.54, 1.807) is 0 Å². The van der Waals surface area contributed by atoms with Crippen molar-refractivity contribution in [3.8, 4) is 0 Å². The van der Waals surface area contributed by atoms with Crippen molar-refractivity contribution in [2.24, 2.45) is 11.8 Å². The number of aliphatic hydroxyl groups excluding tert-OH is 1. The van der Waals surface area contributed by atoms with Crippen LogP contribution in [0.1, 0.15) is 395 Å². The van der Waals surface area contributed by atoms with E-state index in [2.05, 4.69) is 41.5 Å². The highest BCUT2D eigenvalue weighted by molar-refractivity contribution is 7.47. The van der Waals surface area contributed by atoms with Gasteiger partial charge < -0.3 is 33.8 Å². The van der Waals surface area contributed by atoms with Gasteiger partial charge in [0, 0.05) is 25.7 Å². The zero-order valence-corrected chi connectivity index (χ0v) is 63.8. The molecule has 0 radical (unpaired) electrons. The van der Waals surface area contributed by atoms with Crippen molar-refractivity contribution in [3.63, 3.8) is 0 Å². The van der Waals surface area contributed by atoms with Gasteiger partial charge in [-0.15, -0.1) is 0 Å². The first-order chi connectivity index (χ1) is 45.9.